The Morgan fingerprint density at radius 1 is 0.963 bits per heavy atom. The van der Waals surface area contributed by atoms with Gasteiger partial charge >= 0.3 is 0 Å². The van der Waals surface area contributed by atoms with Crippen molar-refractivity contribution in [3.8, 4) is 0 Å². The highest BCUT2D eigenvalue weighted by atomic mass is 16.2. The molecule has 1 aliphatic heterocycles. The average Bonchev–Trinajstić information content (AvgIpc) is 2.93. The molecule has 0 aliphatic carbocycles. The summed E-state index contributed by atoms with van der Waals surface area (Å²) < 4.78 is 0. The highest BCUT2D eigenvalue weighted by molar-refractivity contribution is 6.22. The van der Waals surface area contributed by atoms with Gasteiger partial charge in [-0.3, -0.25) is 19.3 Å². The molecule has 1 N–H and O–H groups in total. The molecule has 2 aromatic carbocycles. The lowest BCUT2D eigenvalue weighted by Crippen LogP contribution is -2.49. The number of carbonyl (C=O) groups is 3. The van der Waals surface area contributed by atoms with Crippen molar-refractivity contribution in [2.75, 3.05) is 20.6 Å². The van der Waals surface area contributed by atoms with Crippen LogP contribution >= 0.6 is 0 Å². The fourth-order valence-electron chi connectivity index (χ4n) is 3.30. The van der Waals surface area contributed by atoms with Crippen LogP contribution in [-0.2, 0) is 4.79 Å². The third-order valence-corrected chi connectivity index (χ3v) is 4.87. The van der Waals surface area contributed by atoms with E-state index in [2.05, 4.69) is 5.32 Å². The topological polar surface area (TPSA) is 69.7 Å². The Kier molecular flexibility index (Phi) is 5.37. The summed E-state index contributed by atoms with van der Waals surface area (Å²) in [6.45, 7) is 1.95. The maximum Gasteiger partial charge on any atom is 0.262 e. The van der Waals surface area contributed by atoms with Crippen LogP contribution in [0.25, 0.3) is 0 Å². The van der Waals surface area contributed by atoms with Gasteiger partial charge in [-0.25, -0.2) is 0 Å². The van der Waals surface area contributed by atoms with Crippen molar-refractivity contribution < 1.29 is 14.4 Å². The molecule has 27 heavy (non-hydrogen) atoms. The largest absolute Gasteiger partial charge is 0.352 e. The monoisotopic (exact) mass is 365 g/mol. The highest BCUT2D eigenvalue weighted by Crippen LogP contribution is 2.24. The first-order valence-corrected chi connectivity index (χ1v) is 8.87. The van der Waals surface area contributed by atoms with Crippen molar-refractivity contribution in [1.82, 2.24) is 15.1 Å². The molecule has 2 aromatic rings. The number of nitrogens with one attached hydrogen (secondary N) is 1. The van der Waals surface area contributed by atoms with E-state index in [0.717, 1.165) is 10.5 Å². The van der Waals surface area contributed by atoms with Crippen LogP contribution in [0.2, 0.25) is 0 Å². The minimum Gasteiger partial charge on any atom is -0.352 e. The van der Waals surface area contributed by atoms with E-state index in [1.54, 1.807) is 31.2 Å². The van der Waals surface area contributed by atoms with Crippen molar-refractivity contribution >= 4 is 17.7 Å². The summed E-state index contributed by atoms with van der Waals surface area (Å²) in [6.07, 6.45) is 0. The van der Waals surface area contributed by atoms with Crippen LogP contribution in [0.1, 0.15) is 39.2 Å². The second-order valence-electron chi connectivity index (χ2n) is 6.84. The highest BCUT2D eigenvalue weighted by Gasteiger charge is 2.40. The lowest BCUT2D eigenvalue weighted by Gasteiger charge is -2.27. The molecule has 6 heteroatoms. The minimum atomic E-state index is -0.879. The molecule has 0 fully saturated rings. The first-order valence-electron chi connectivity index (χ1n) is 8.87. The van der Waals surface area contributed by atoms with Crippen LogP contribution in [0, 0.1) is 0 Å². The van der Waals surface area contributed by atoms with Crippen molar-refractivity contribution in [3.05, 3.63) is 71.3 Å². The molecule has 1 heterocycles. The van der Waals surface area contributed by atoms with Crippen LogP contribution in [0.4, 0.5) is 0 Å². The van der Waals surface area contributed by atoms with E-state index in [1.807, 2.05) is 49.3 Å². The lowest BCUT2D eigenvalue weighted by atomic mass is 10.1. The molecule has 0 saturated carbocycles. The molecule has 3 rings (SSSR count). The standard InChI is InChI=1S/C21H23N3O3/c1-14(24-20(26)16-11-7-8-12-17(16)21(24)27)19(25)22-13-18(23(2)3)15-9-5-4-6-10-15/h4-12,14,18H,13H2,1-3H3,(H,22,25)/t14-,18+/m1/s1. The lowest BCUT2D eigenvalue weighted by molar-refractivity contribution is -0.124. The molecule has 6 nitrogen and oxygen atoms in total. The molecule has 1 aliphatic rings. The quantitative estimate of drug-likeness (QED) is 0.796. The SMILES string of the molecule is C[C@H](C(=O)NC[C@@H](c1ccccc1)N(C)C)N1C(=O)c2ccccc2C1=O. The van der Waals surface area contributed by atoms with Crippen LogP contribution in [-0.4, -0.2) is 54.2 Å². The van der Waals surface area contributed by atoms with Crippen molar-refractivity contribution in [1.29, 1.82) is 0 Å². The third kappa shape index (κ3) is 3.61. The molecule has 0 saturated heterocycles. The smallest absolute Gasteiger partial charge is 0.262 e. The summed E-state index contributed by atoms with van der Waals surface area (Å²) in [7, 11) is 3.88. The Morgan fingerprint density at radius 3 is 2.00 bits per heavy atom. The Morgan fingerprint density at radius 2 is 1.48 bits per heavy atom. The number of amides is 3. The van der Waals surface area contributed by atoms with Gasteiger partial charge in [-0.1, -0.05) is 42.5 Å². The third-order valence-electron chi connectivity index (χ3n) is 4.87. The number of hydrogen-bond donors (Lipinski definition) is 1. The minimum absolute atomic E-state index is 0.00970. The number of imide groups is 1. The fourth-order valence-corrected chi connectivity index (χ4v) is 3.30. The van der Waals surface area contributed by atoms with Crippen molar-refractivity contribution in [3.63, 3.8) is 0 Å². The van der Waals surface area contributed by atoms with Gasteiger partial charge in [-0.05, 0) is 38.7 Å². The number of fused-ring (bicyclic) bond motifs is 1. The summed E-state index contributed by atoms with van der Waals surface area (Å²) in [4.78, 5) is 40.8. The maximum atomic E-state index is 12.7. The van der Waals surface area contributed by atoms with Gasteiger partial charge < -0.3 is 10.2 Å². The Labute approximate surface area is 158 Å². The normalized spacial score (nSPS) is 15.6. The zero-order valence-electron chi connectivity index (χ0n) is 15.7. The van der Waals surface area contributed by atoms with Gasteiger partial charge in [0.05, 0.1) is 17.2 Å². The summed E-state index contributed by atoms with van der Waals surface area (Å²) in [5.74, 6) is -1.21. The number of hydrogen-bond acceptors (Lipinski definition) is 4. The van der Waals surface area contributed by atoms with Gasteiger partial charge in [0.1, 0.15) is 6.04 Å². The Hall–Kier alpha value is -2.99. The zero-order valence-corrected chi connectivity index (χ0v) is 15.7. The number of likely N-dealkylation sites (N-methyl/N-ethyl adjacent to an activating group) is 1. The molecule has 0 radical (unpaired) electrons. The molecular formula is C21H23N3O3. The van der Waals surface area contributed by atoms with Gasteiger partial charge in [0, 0.05) is 6.54 Å². The number of nitrogens with zero attached hydrogens (tertiary/aromatic N) is 2. The van der Waals surface area contributed by atoms with E-state index >= 15 is 0 Å². The molecule has 0 aromatic heterocycles. The molecule has 0 unspecified atom stereocenters. The predicted octanol–water partition coefficient (Wildman–Crippen LogP) is 2.09. The van der Waals surface area contributed by atoms with Crippen LogP contribution in [0.15, 0.2) is 54.6 Å². The van der Waals surface area contributed by atoms with E-state index in [1.165, 1.54) is 0 Å². The molecule has 2 atom stereocenters. The number of benzene rings is 2. The van der Waals surface area contributed by atoms with Crippen molar-refractivity contribution in [2.45, 2.75) is 19.0 Å². The molecule has 0 bridgehead atoms. The second-order valence-corrected chi connectivity index (χ2v) is 6.84. The Bertz CT molecular complexity index is 829. The van der Waals surface area contributed by atoms with Gasteiger partial charge in [0.2, 0.25) is 5.91 Å². The molecule has 140 valence electrons. The van der Waals surface area contributed by atoms with E-state index in [-0.39, 0.29) is 11.9 Å². The fraction of sp³-hybridized carbons (Fsp3) is 0.286. The summed E-state index contributed by atoms with van der Waals surface area (Å²) >= 11 is 0. The van der Waals surface area contributed by atoms with E-state index < -0.39 is 17.9 Å². The number of rotatable bonds is 6. The van der Waals surface area contributed by atoms with Crippen molar-refractivity contribution in [2.24, 2.45) is 0 Å². The van der Waals surface area contributed by atoms with Gasteiger partial charge in [-0.15, -0.1) is 0 Å². The first-order chi connectivity index (χ1) is 12.9. The molecular weight excluding hydrogens is 342 g/mol. The van der Waals surface area contributed by atoms with Crippen LogP contribution in [0.5, 0.6) is 0 Å². The molecule has 3 amide bonds. The maximum absolute atomic E-state index is 12.7. The van der Waals surface area contributed by atoms with E-state index in [0.29, 0.717) is 17.7 Å². The van der Waals surface area contributed by atoms with Crippen LogP contribution < -0.4 is 5.32 Å². The Balaban J connectivity index is 1.69. The summed E-state index contributed by atoms with van der Waals surface area (Å²) in [6, 6.07) is 15.6. The van der Waals surface area contributed by atoms with Gasteiger partial charge in [-0.2, -0.15) is 0 Å². The predicted molar refractivity (Wildman–Crippen MR) is 102 cm³/mol. The van der Waals surface area contributed by atoms with Gasteiger partial charge in [0.15, 0.2) is 0 Å². The average molecular weight is 365 g/mol. The number of carbonyl (C=O) groups excluding carboxylic acids is 3. The first kappa shape index (κ1) is 18.8. The summed E-state index contributed by atoms with van der Waals surface area (Å²) in [5.41, 5.74) is 1.77. The van der Waals surface area contributed by atoms with E-state index in [4.69, 9.17) is 0 Å². The second kappa shape index (κ2) is 7.72. The summed E-state index contributed by atoms with van der Waals surface area (Å²) in [5, 5.41) is 2.88. The van der Waals surface area contributed by atoms with Crippen LogP contribution in [0.3, 0.4) is 0 Å². The molecule has 0 spiro atoms. The zero-order chi connectivity index (χ0) is 19.6. The van der Waals surface area contributed by atoms with E-state index in [9.17, 15) is 14.4 Å². The van der Waals surface area contributed by atoms with Gasteiger partial charge in [0.25, 0.3) is 11.8 Å².